The van der Waals surface area contributed by atoms with Crippen LogP contribution < -0.4 is 4.74 Å². The smallest absolute Gasteiger partial charge is 0.313 e. The third-order valence-electron chi connectivity index (χ3n) is 2.45. The molecule has 0 aliphatic rings. The molecule has 0 unspecified atom stereocenters. The van der Waals surface area contributed by atoms with E-state index in [4.69, 9.17) is 39.5 Å². The Morgan fingerprint density at radius 1 is 1.29 bits per heavy atom. The van der Waals surface area contributed by atoms with Crippen LogP contribution in [-0.2, 0) is 6.61 Å². The fourth-order valence-corrected chi connectivity index (χ4v) is 2.85. The normalized spacial score (nSPS) is 10.5. The van der Waals surface area contributed by atoms with E-state index in [1.807, 2.05) is 0 Å². The zero-order valence-corrected chi connectivity index (χ0v) is 14.0. The van der Waals surface area contributed by atoms with Crippen molar-refractivity contribution < 1.29 is 9.66 Å². The summed E-state index contributed by atoms with van der Waals surface area (Å²) in [7, 11) is 0. The van der Waals surface area contributed by atoms with Crippen LogP contribution in [0.15, 0.2) is 28.9 Å². The molecule has 21 heavy (non-hydrogen) atoms. The van der Waals surface area contributed by atoms with Gasteiger partial charge in [-0.25, -0.2) is 4.98 Å². The van der Waals surface area contributed by atoms with Crippen molar-refractivity contribution in [2.75, 3.05) is 0 Å². The molecule has 0 spiro atoms. The van der Waals surface area contributed by atoms with Gasteiger partial charge in [-0.1, -0.05) is 34.8 Å². The SMILES string of the molecule is O=[N+]([O-])c1cc(Cl)cc(Br)c1OCc1cnc(Cl)cc1Cl. The quantitative estimate of drug-likeness (QED) is 0.389. The fraction of sp³-hybridized carbons (Fsp3) is 0.0833. The fourth-order valence-electron chi connectivity index (χ4n) is 1.52. The molecule has 0 fully saturated rings. The van der Waals surface area contributed by atoms with E-state index in [2.05, 4.69) is 20.9 Å². The minimum Gasteiger partial charge on any atom is -0.481 e. The Morgan fingerprint density at radius 2 is 2.00 bits per heavy atom. The number of nitro benzene ring substituents is 1. The highest BCUT2D eigenvalue weighted by molar-refractivity contribution is 9.10. The van der Waals surface area contributed by atoms with Gasteiger partial charge in [-0.05, 0) is 28.1 Å². The maximum absolute atomic E-state index is 11.0. The van der Waals surface area contributed by atoms with Crippen LogP contribution in [0.5, 0.6) is 5.75 Å². The van der Waals surface area contributed by atoms with Crippen molar-refractivity contribution >= 4 is 56.4 Å². The first-order chi connectivity index (χ1) is 9.88. The monoisotopic (exact) mass is 410 g/mol. The maximum Gasteiger partial charge on any atom is 0.313 e. The predicted octanol–water partition coefficient (Wildman–Crippen LogP) is 5.29. The molecule has 0 N–H and O–H groups in total. The first kappa shape index (κ1) is 16.3. The average Bonchev–Trinajstić information content (AvgIpc) is 2.38. The molecule has 0 atom stereocenters. The highest BCUT2D eigenvalue weighted by atomic mass is 79.9. The molecule has 0 bridgehead atoms. The van der Waals surface area contributed by atoms with Gasteiger partial charge in [-0.2, -0.15) is 0 Å². The Balaban J connectivity index is 2.29. The van der Waals surface area contributed by atoms with E-state index < -0.39 is 4.92 Å². The molecule has 0 aliphatic heterocycles. The topological polar surface area (TPSA) is 65.3 Å². The van der Waals surface area contributed by atoms with Crippen molar-refractivity contribution in [1.29, 1.82) is 0 Å². The number of hydrogen-bond donors (Lipinski definition) is 0. The van der Waals surface area contributed by atoms with Crippen LogP contribution in [-0.4, -0.2) is 9.91 Å². The Morgan fingerprint density at radius 3 is 2.62 bits per heavy atom. The number of hydrogen-bond acceptors (Lipinski definition) is 4. The molecule has 1 aromatic heterocycles. The van der Waals surface area contributed by atoms with Gasteiger partial charge in [0.2, 0.25) is 5.75 Å². The highest BCUT2D eigenvalue weighted by Crippen LogP contribution is 2.38. The summed E-state index contributed by atoms with van der Waals surface area (Å²) >= 11 is 20.7. The molecule has 0 radical (unpaired) electrons. The Hall–Kier alpha value is -1.08. The minimum absolute atomic E-state index is 0.00404. The number of aromatic nitrogens is 1. The van der Waals surface area contributed by atoms with E-state index in [9.17, 15) is 10.1 Å². The van der Waals surface area contributed by atoms with E-state index in [1.54, 1.807) is 0 Å². The number of pyridine rings is 1. The lowest BCUT2D eigenvalue weighted by molar-refractivity contribution is -0.386. The molecular weight excluding hydrogens is 406 g/mol. The maximum atomic E-state index is 11.0. The van der Waals surface area contributed by atoms with Gasteiger partial charge in [0, 0.05) is 22.8 Å². The van der Waals surface area contributed by atoms with Crippen molar-refractivity contribution in [2.45, 2.75) is 6.61 Å². The summed E-state index contributed by atoms with van der Waals surface area (Å²) in [6.07, 6.45) is 1.44. The summed E-state index contributed by atoms with van der Waals surface area (Å²) in [4.78, 5) is 14.3. The van der Waals surface area contributed by atoms with Crippen LogP contribution in [0.2, 0.25) is 15.2 Å². The molecule has 1 aromatic carbocycles. The van der Waals surface area contributed by atoms with Crippen LogP contribution in [0.4, 0.5) is 5.69 Å². The van der Waals surface area contributed by atoms with Crippen LogP contribution >= 0.6 is 50.7 Å². The van der Waals surface area contributed by atoms with E-state index >= 15 is 0 Å². The second kappa shape index (κ2) is 6.79. The lowest BCUT2D eigenvalue weighted by Gasteiger charge is -2.10. The van der Waals surface area contributed by atoms with Gasteiger partial charge in [0.15, 0.2) is 0 Å². The number of rotatable bonds is 4. The molecule has 9 heteroatoms. The Kier molecular flexibility index (Phi) is 5.27. The van der Waals surface area contributed by atoms with Gasteiger partial charge in [0.05, 0.1) is 14.4 Å². The molecule has 110 valence electrons. The van der Waals surface area contributed by atoms with Crippen LogP contribution in [0.3, 0.4) is 0 Å². The first-order valence-electron chi connectivity index (χ1n) is 5.44. The van der Waals surface area contributed by atoms with E-state index in [0.29, 0.717) is 15.1 Å². The minimum atomic E-state index is -0.576. The summed E-state index contributed by atoms with van der Waals surface area (Å²) in [5.74, 6) is 0.0652. The molecule has 2 rings (SSSR count). The van der Waals surface area contributed by atoms with Crippen LogP contribution in [0, 0.1) is 10.1 Å². The van der Waals surface area contributed by atoms with Crippen LogP contribution in [0.25, 0.3) is 0 Å². The summed E-state index contributed by atoms with van der Waals surface area (Å²) in [6.45, 7) is 0.00404. The molecule has 1 heterocycles. The van der Waals surface area contributed by atoms with Gasteiger partial charge in [0.25, 0.3) is 0 Å². The second-order valence-electron chi connectivity index (χ2n) is 3.88. The van der Waals surface area contributed by atoms with Gasteiger partial charge >= 0.3 is 5.69 Å². The van der Waals surface area contributed by atoms with E-state index in [1.165, 1.54) is 24.4 Å². The molecular formula is C12H6BrCl3N2O3. The van der Waals surface area contributed by atoms with E-state index in [0.717, 1.165) is 0 Å². The summed E-state index contributed by atoms with van der Waals surface area (Å²) in [5.41, 5.74) is 0.310. The predicted molar refractivity (Wildman–Crippen MR) is 84.4 cm³/mol. The molecule has 0 amide bonds. The van der Waals surface area contributed by atoms with Crippen molar-refractivity contribution in [3.05, 3.63) is 59.7 Å². The van der Waals surface area contributed by atoms with Crippen molar-refractivity contribution in [3.63, 3.8) is 0 Å². The molecule has 0 aliphatic carbocycles. The zero-order valence-electron chi connectivity index (χ0n) is 10.1. The highest BCUT2D eigenvalue weighted by Gasteiger charge is 2.20. The summed E-state index contributed by atoms with van der Waals surface area (Å²) in [6, 6.07) is 4.18. The number of ether oxygens (including phenoxy) is 1. The van der Waals surface area contributed by atoms with Crippen molar-refractivity contribution in [3.8, 4) is 5.75 Å². The summed E-state index contributed by atoms with van der Waals surface area (Å²) < 4.78 is 5.85. The molecule has 2 aromatic rings. The average molecular weight is 412 g/mol. The Bertz CT molecular complexity index is 712. The summed E-state index contributed by atoms with van der Waals surface area (Å²) in [5, 5.41) is 11.9. The Labute approximate surface area is 143 Å². The van der Waals surface area contributed by atoms with E-state index in [-0.39, 0.29) is 28.2 Å². The third kappa shape index (κ3) is 3.97. The molecule has 0 saturated carbocycles. The van der Waals surface area contributed by atoms with Crippen LogP contribution in [0.1, 0.15) is 5.56 Å². The third-order valence-corrected chi connectivity index (χ3v) is 3.82. The lowest BCUT2D eigenvalue weighted by atomic mass is 10.3. The van der Waals surface area contributed by atoms with Gasteiger partial charge < -0.3 is 4.74 Å². The molecule has 5 nitrogen and oxygen atoms in total. The lowest BCUT2D eigenvalue weighted by Crippen LogP contribution is -2.01. The van der Waals surface area contributed by atoms with Gasteiger partial charge in [-0.15, -0.1) is 0 Å². The first-order valence-corrected chi connectivity index (χ1v) is 7.37. The largest absolute Gasteiger partial charge is 0.481 e. The zero-order chi connectivity index (χ0) is 15.6. The number of nitrogens with zero attached hydrogens (tertiary/aromatic N) is 2. The van der Waals surface area contributed by atoms with Crippen molar-refractivity contribution in [1.82, 2.24) is 4.98 Å². The molecule has 0 saturated heterocycles. The standard InChI is InChI=1S/C12H6BrCl3N2O3/c13-8-1-7(14)2-10(18(19)20)12(8)21-5-6-4-17-11(16)3-9(6)15/h1-4H,5H2. The number of benzene rings is 1. The second-order valence-corrected chi connectivity index (χ2v) is 5.97. The van der Waals surface area contributed by atoms with Gasteiger partial charge in [-0.3, -0.25) is 10.1 Å². The number of nitro groups is 1. The number of halogens is 4. The van der Waals surface area contributed by atoms with Crippen molar-refractivity contribution in [2.24, 2.45) is 0 Å². The van der Waals surface area contributed by atoms with Gasteiger partial charge in [0.1, 0.15) is 11.8 Å².